The van der Waals surface area contributed by atoms with E-state index in [0.717, 1.165) is 29.4 Å². The summed E-state index contributed by atoms with van der Waals surface area (Å²) in [6.45, 7) is 1.80. The SMILES string of the molecule is BrCC1(Cc2cccc(Br)c2)CCCOC1. The molecule has 0 saturated carbocycles. The van der Waals surface area contributed by atoms with E-state index in [4.69, 9.17) is 4.74 Å². The van der Waals surface area contributed by atoms with Gasteiger partial charge in [-0.2, -0.15) is 0 Å². The highest BCUT2D eigenvalue weighted by atomic mass is 79.9. The lowest BCUT2D eigenvalue weighted by Gasteiger charge is -2.35. The van der Waals surface area contributed by atoms with Gasteiger partial charge in [-0.1, -0.05) is 44.0 Å². The van der Waals surface area contributed by atoms with Crippen LogP contribution in [0.1, 0.15) is 18.4 Å². The van der Waals surface area contributed by atoms with Crippen molar-refractivity contribution < 1.29 is 4.74 Å². The normalized spacial score (nSPS) is 25.6. The van der Waals surface area contributed by atoms with Crippen molar-refractivity contribution in [2.45, 2.75) is 19.3 Å². The van der Waals surface area contributed by atoms with Gasteiger partial charge in [0, 0.05) is 21.8 Å². The van der Waals surface area contributed by atoms with Crippen LogP contribution < -0.4 is 0 Å². The highest BCUT2D eigenvalue weighted by Crippen LogP contribution is 2.34. The Balaban J connectivity index is 2.11. The Morgan fingerprint density at radius 2 is 2.25 bits per heavy atom. The van der Waals surface area contributed by atoms with Gasteiger partial charge < -0.3 is 4.74 Å². The Labute approximate surface area is 114 Å². The van der Waals surface area contributed by atoms with Gasteiger partial charge in [-0.05, 0) is 37.0 Å². The van der Waals surface area contributed by atoms with Crippen molar-refractivity contribution in [2.24, 2.45) is 5.41 Å². The molecule has 0 bridgehead atoms. The molecule has 16 heavy (non-hydrogen) atoms. The van der Waals surface area contributed by atoms with Crippen molar-refractivity contribution in [1.82, 2.24) is 0 Å². The van der Waals surface area contributed by atoms with E-state index in [2.05, 4.69) is 56.1 Å². The molecule has 1 fully saturated rings. The molecule has 0 aromatic heterocycles. The standard InChI is InChI=1S/C13H16Br2O/c14-9-13(5-2-6-16-10-13)8-11-3-1-4-12(15)7-11/h1,3-4,7H,2,5-6,8-10H2. The Hall–Kier alpha value is 0.140. The maximum atomic E-state index is 5.64. The summed E-state index contributed by atoms with van der Waals surface area (Å²) in [5, 5.41) is 1.02. The van der Waals surface area contributed by atoms with Gasteiger partial charge in [0.2, 0.25) is 0 Å². The summed E-state index contributed by atoms with van der Waals surface area (Å²) in [4.78, 5) is 0. The maximum absolute atomic E-state index is 5.64. The van der Waals surface area contributed by atoms with Gasteiger partial charge in [0.15, 0.2) is 0 Å². The number of ether oxygens (including phenoxy) is 1. The van der Waals surface area contributed by atoms with Gasteiger partial charge in [0.1, 0.15) is 0 Å². The summed E-state index contributed by atoms with van der Waals surface area (Å²) in [6, 6.07) is 8.58. The molecule has 0 amide bonds. The number of benzene rings is 1. The monoisotopic (exact) mass is 346 g/mol. The maximum Gasteiger partial charge on any atom is 0.0533 e. The van der Waals surface area contributed by atoms with Crippen LogP contribution in [-0.2, 0) is 11.2 Å². The van der Waals surface area contributed by atoms with Crippen LogP contribution in [0.2, 0.25) is 0 Å². The summed E-state index contributed by atoms with van der Waals surface area (Å²) in [6.07, 6.45) is 3.53. The lowest BCUT2D eigenvalue weighted by atomic mass is 9.79. The first-order chi connectivity index (χ1) is 7.74. The van der Waals surface area contributed by atoms with E-state index in [-0.39, 0.29) is 0 Å². The molecule has 1 unspecified atom stereocenters. The summed E-state index contributed by atoms with van der Waals surface area (Å²) >= 11 is 7.18. The lowest BCUT2D eigenvalue weighted by Crippen LogP contribution is -2.35. The Morgan fingerprint density at radius 1 is 1.38 bits per heavy atom. The van der Waals surface area contributed by atoms with Crippen molar-refractivity contribution in [3.8, 4) is 0 Å². The molecule has 1 atom stereocenters. The molecule has 3 heteroatoms. The van der Waals surface area contributed by atoms with Gasteiger partial charge >= 0.3 is 0 Å². The smallest absolute Gasteiger partial charge is 0.0533 e. The molecule has 0 spiro atoms. The predicted octanol–water partition coefficient (Wildman–Crippen LogP) is 4.18. The Kier molecular flexibility index (Phi) is 4.45. The summed E-state index contributed by atoms with van der Waals surface area (Å²) < 4.78 is 6.80. The lowest BCUT2D eigenvalue weighted by molar-refractivity contribution is 0.00614. The molecule has 0 radical (unpaired) electrons. The number of rotatable bonds is 3. The molecule has 0 N–H and O–H groups in total. The van der Waals surface area contributed by atoms with Crippen molar-refractivity contribution in [1.29, 1.82) is 0 Å². The molecular weight excluding hydrogens is 332 g/mol. The largest absolute Gasteiger partial charge is 0.381 e. The van der Waals surface area contributed by atoms with Gasteiger partial charge in [-0.3, -0.25) is 0 Å². The number of hydrogen-bond acceptors (Lipinski definition) is 1. The summed E-state index contributed by atoms with van der Waals surface area (Å²) in [5.74, 6) is 0. The third-order valence-electron chi connectivity index (χ3n) is 3.16. The fourth-order valence-electron chi connectivity index (χ4n) is 2.28. The average Bonchev–Trinajstić information content (AvgIpc) is 2.30. The van der Waals surface area contributed by atoms with Crippen LogP contribution in [0.15, 0.2) is 28.7 Å². The number of hydrogen-bond donors (Lipinski definition) is 0. The molecule has 1 aromatic rings. The number of alkyl halides is 1. The zero-order chi connectivity index (χ0) is 11.4. The van der Waals surface area contributed by atoms with Crippen LogP contribution in [0.4, 0.5) is 0 Å². The highest BCUT2D eigenvalue weighted by molar-refractivity contribution is 9.10. The molecular formula is C13H16Br2O. The van der Waals surface area contributed by atoms with Crippen molar-refractivity contribution in [3.63, 3.8) is 0 Å². The summed E-state index contributed by atoms with van der Waals surface area (Å²) in [7, 11) is 0. The minimum Gasteiger partial charge on any atom is -0.381 e. The fraction of sp³-hybridized carbons (Fsp3) is 0.538. The quantitative estimate of drug-likeness (QED) is 0.745. The Bertz CT molecular complexity index is 346. The van der Waals surface area contributed by atoms with Gasteiger partial charge in [0.25, 0.3) is 0 Å². The molecule has 1 aromatic carbocycles. The molecule has 1 saturated heterocycles. The Morgan fingerprint density at radius 3 is 2.88 bits per heavy atom. The zero-order valence-corrected chi connectivity index (χ0v) is 12.4. The second kappa shape index (κ2) is 5.65. The van der Waals surface area contributed by atoms with Gasteiger partial charge in [-0.25, -0.2) is 0 Å². The van der Waals surface area contributed by atoms with Gasteiger partial charge in [-0.15, -0.1) is 0 Å². The van der Waals surface area contributed by atoms with Gasteiger partial charge in [0.05, 0.1) is 6.61 Å². The third-order valence-corrected chi connectivity index (χ3v) is 4.84. The van der Waals surface area contributed by atoms with Crippen LogP contribution in [0.25, 0.3) is 0 Å². The molecule has 2 rings (SSSR count). The average molecular weight is 348 g/mol. The molecule has 88 valence electrons. The van der Waals surface area contributed by atoms with Crippen molar-refractivity contribution >= 4 is 31.9 Å². The summed E-state index contributed by atoms with van der Waals surface area (Å²) in [5.41, 5.74) is 1.68. The van der Waals surface area contributed by atoms with E-state index in [1.54, 1.807) is 0 Å². The van der Waals surface area contributed by atoms with Crippen molar-refractivity contribution in [2.75, 3.05) is 18.5 Å². The first-order valence-electron chi connectivity index (χ1n) is 5.62. The molecule has 1 nitrogen and oxygen atoms in total. The second-order valence-corrected chi connectivity index (χ2v) is 6.07. The fourth-order valence-corrected chi connectivity index (χ4v) is 3.37. The van der Waals surface area contributed by atoms with E-state index < -0.39 is 0 Å². The third kappa shape index (κ3) is 3.08. The van der Waals surface area contributed by atoms with Crippen LogP contribution in [0, 0.1) is 5.41 Å². The predicted molar refractivity (Wildman–Crippen MR) is 74.1 cm³/mol. The van der Waals surface area contributed by atoms with Crippen LogP contribution in [-0.4, -0.2) is 18.5 Å². The minimum atomic E-state index is 0.291. The molecule has 1 aliphatic rings. The molecule has 1 heterocycles. The second-order valence-electron chi connectivity index (χ2n) is 4.60. The van der Waals surface area contributed by atoms with Crippen LogP contribution in [0.5, 0.6) is 0 Å². The van der Waals surface area contributed by atoms with E-state index in [1.165, 1.54) is 18.4 Å². The van der Waals surface area contributed by atoms with Crippen LogP contribution >= 0.6 is 31.9 Å². The molecule has 1 aliphatic heterocycles. The van der Waals surface area contributed by atoms with E-state index in [0.29, 0.717) is 5.41 Å². The minimum absolute atomic E-state index is 0.291. The molecule has 0 aliphatic carbocycles. The number of halogens is 2. The van der Waals surface area contributed by atoms with Crippen molar-refractivity contribution in [3.05, 3.63) is 34.3 Å². The van der Waals surface area contributed by atoms with Crippen LogP contribution in [0.3, 0.4) is 0 Å². The first-order valence-corrected chi connectivity index (χ1v) is 7.54. The van der Waals surface area contributed by atoms with E-state index in [9.17, 15) is 0 Å². The van der Waals surface area contributed by atoms with E-state index >= 15 is 0 Å². The highest BCUT2D eigenvalue weighted by Gasteiger charge is 2.31. The first kappa shape index (κ1) is 12.6. The van der Waals surface area contributed by atoms with E-state index in [1.807, 2.05) is 0 Å². The topological polar surface area (TPSA) is 9.23 Å². The zero-order valence-electron chi connectivity index (χ0n) is 9.22.